The van der Waals surface area contributed by atoms with E-state index in [2.05, 4.69) is 72.8 Å². The molecule has 0 amide bonds. The van der Waals surface area contributed by atoms with E-state index in [1.54, 1.807) is 0 Å². The fourth-order valence-electron chi connectivity index (χ4n) is 12.8. The van der Waals surface area contributed by atoms with Crippen LogP contribution in [0.1, 0.15) is 427 Å². The lowest BCUT2D eigenvalue weighted by Gasteiger charge is -2.21. The Labute approximate surface area is 643 Å². The summed E-state index contributed by atoms with van der Waals surface area (Å²) in [6, 6.07) is 0. The third kappa shape index (κ3) is 78.0. The summed E-state index contributed by atoms with van der Waals surface area (Å²) in [5, 5.41) is 10.7. The second-order valence-corrected chi connectivity index (χ2v) is 34.3. The molecule has 0 saturated carbocycles. The molecule has 0 aliphatic rings. The van der Waals surface area contributed by atoms with Crippen molar-refractivity contribution >= 4 is 39.5 Å². The molecule has 0 radical (unpaired) electrons. The van der Waals surface area contributed by atoms with Crippen molar-refractivity contribution < 1.29 is 80.2 Å². The summed E-state index contributed by atoms with van der Waals surface area (Å²) in [5.74, 6) is 0.256. The number of aliphatic hydroxyl groups is 1. The van der Waals surface area contributed by atoms with Gasteiger partial charge in [-0.15, -0.1) is 0 Å². The van der Waals surface area contributed by atoms with Crippen LogP contribution >= 0.6 is 15.6 Å². The summed E-state index contributed by atoms with van der Waals surface area (Å²) in [6.07, 6.45) is 68.8. The van der Waals surface area contributed by atoms with E-state index in [-0.39, 0.29) is 25.7 Å². The van der Waals surface area contributed by atoms with E-state index in [4.69, 9.17) is 37.0 Å². The molecule has 0 rings (SSSR count). The van der Waals surface area contributed by atoms with Gasteiger partial charge in [-0.25, -0.2) is 9.13 Å². The third-order valence-electron chi connectivity index (χ3n) is 19.9. The van der Waals surface area contributed by atoms with Gasteiger partial charge in [-0.05, 0) is 69.1 Å². The van der Waals surface area contributed by atoms with Crippen molar-refractivity contribution in [2.24, 2.45) is 17.8 Å². The Kier molecular flexibility index (Phi) is 73.8. The number of unbranched alkanes of at least 4 members (excludes halogenated alkanes) is 46. The van der Waals surface area contributed by atoms with E-state index in [1.807, 2.05) is 0 Å². The molecule has 0 heterocycles. The highest BCUT2D eigenvalue weighted by atomic mass is 31.2. The molecule has 6 atom stereocenters. The molecule has 0 aromatic rings. The summed E-state index contributed by atoms with van der Waals surface area (Å²) < 4.78 is 68.9. The smallest absolute Gasteiger partial charge is 0.462 e. The highest BCUT2D eigenvalue weighted by Crippen LogP contribution is 2.45. The number of phosphoric ester groups is 2. The fraction of sp³-hybridized carbons (Fsp3) is 0.907. The van der Waals surface area contributed by atoms with Gasteiger partial charge in [0.15, 0.2) is 12.2 Å². The van der Waals surface area contributed by atoms with Gasteiger partial charge >= 0.3 is 39.5 Å². The highest BCUT2D eigenvalue weighted by molar-refractivity contribution is 7.47. The highest BCUT2D eigenvalue weighted by Gasteiger charge is 2.30. The quantitative estimate of drug-likeness (QED) is 0.0169. The summed E-state index contributed by atoms with van der Waals surface area (Å²) in [4.78, 5) is 73.2. The standard InChI is InChI=1S/C86H164O17P2/c1-8-10-11-12-13-14-15-16-21-29-34-39-48-55-62-69-86(91)103-82(74-97-84(89)68-61-54-47-42-41-45-52-59-66-79(7)9-2)76-101-105(94,95)99-72-80(87)71-98-104(92,93)100-75-81(73-96-83(88)67-60-53-46-38-33-28-25-24-27-32-37-44-51-58-65-78(5)6)102-85(90)70-63-56-49-40-35-30-23-20-18-17-19-22-26-31-36-43-50-57-64-77(3)4/h14-16,21,77-82,87H,8-13,17-20,22-76H2,1-7H3,(H,92,93)(H,94,95)/b15-14-,21-16-/t79?,80-,81-,82-/m1/s1. The molecular formula is C86H164O17P2. The minimum absolute atomic E-state index is 0.0846. The van der Waals surface area contributed by atoms with E-state index >= 15 is 0 Å². The Morgan fingerprint density at radius 2 is 0.562 bits per heavy atom. The molecule has 0 fully saturated rings. The van der Waals surface area contributed by atoms with E-state index in [0.717, 1.165) is 120 Å². The van der Waals surface area contributed by atoms with Crippen molar-refractivity contribution in [2.45, 2.75) is 446 Å². The molecule has 0 aliphatic heterocycles. The van der Waals surface area contributed by atoms with Crippen molar-refractivity contribution in [3.8, 4) is 0 Å². The largest absolute Gasteiger partial charge is 0.472 e. The zero-order valence-corrected chi connectivity index (χ0v) is 70.5. The van der Waals surface area contributed by atoms with Gasteiger partial charge in [0.2, 0.25) is 0 Å². The number of carbonyl (C=O) groups is 4. The molecule has 620 valence electrons. The van der Waals surface area contributed by atoms with Gasteiger partial charge in [0.1, 0.15) is 19.3 Å². The number of allylic oxidation sites excluding steroid dienone is 4. The maximum Gasteiger partial charge on any atom is 0.472 e. The average Bonchev–Trinajstić information content (AvgIpc) is 0.918. The average molecular weight is 1530 g/mol. The minimum Gasteiger partial charge on any atom is -0.462 e. The number of rotatable bonds is 82. The molecule has 105 heavy (non-hydrogen) atoms. The van der Waals surface area contributed by atoms with Crippen molar-refractivity contribution in [1.82, 2.24) is 0 Å². The Hall–Kier alpha value is -2.46. The van der Waals surface area contributed by atoms with E-state index in [1.165, 1.54) is 225 Å². The SMILES string of the molecule is CCCCCC/C=C\C=C/CCCCCCCC(=O)O[C@H](COC(=O)CCCCCCCCCCC(C)CC)COP(=O)(O)OC[C@H](O)COP(=O)(O)OC[C@@H](COC(=O)CCCCCCCCCCCCCCCCC(C)C)OC(=O)CCCCCCCCCCCCCCCCCCCCC(C)C. The van der Waals surface area contributed by atoms with Crippen LogP contribution < -0.4 is 0 Å². The molecule has 0 aliphatic carbocycles. The summed E-state index contributed by atoms with van der Waals surface area (Å²) in [6.45, 7) is 12.0. The van der Waals surface area contributed by atoms with Crippen molar-refractivity contribution in [2.75, 3.05) is 39.6 Å². The van der Waals surface area contributed by atoms with Crippen LogP contribution in [0, 0.1) is 17.8 Å². The zero-order valence-electron chi connectivity index (χ0n) is 68.7. The van der Waals surface area contributed by atoms with Crippen LogP contribution in [-0.2, 0) is 65.4 Å². The molecule has 0 saturated heterocycles. The number of carbonyl (C=O) groups excluding carboxylic acids is 4. The Balaban J connectivity index is 5.28. The minimum atomic E-state index is -4.97. The van der Waals surface area contributed by atoms with Gasteiger partial charge in [-0.3, -0.25) is 37.3 Å². The molecule has 0 aromatic heterocycles. The van der Waals surface area contributed by atoms with Crippen LogP contribution in [0.3, 0.4) is 0 Å². The van der Waals surface area contributed by atoms with Crippen LogP contribution in [0.25, 0.3) is 0 Å². The summed E-state index contributed by atoms with van der Waals surface area (Å²) in [5.41, 5.74) is 0. The summed E-state index contributed by atoms with van der Waals surface area (Å²) >= 11 is 0. The number of phosphoric acid groups is 2. The van der Waals surface area contributed by atoms with Gasteiger partial charge in [0.05, 0.1) is 26.4 Å². The van der Waals surface area contributed by atoms with Gasteiger partial charge in [0, 0.05) is 25.7 Å². The van der Waals surface area contributed by atoms with Crippen molar-refractivity contribution in [1.29, 1.82) is 0 Å². The first-order valence-electron chi connectivity index (χ1n) is 43.7. The Morgan fingerprint density at radius 3 is 0.848 bits per heavy atom. The zero-order chi connectivity index (χ0) is 77.2. The third-order valence-corrected chi connectivity index (χ3v) is 21.8. The molecule has 3 N–H and O–H groups in total. The molecular weight excluding hydrogens is 1370 g/mol. The molecule has 0 spiro atoms. The Morgan fingerprint density at radius 1 is 0.314 bits per heavy atom. The Bertz CT molecular complexity index is 2120. The number of aliphatic hydroxyl groups excluding tert-OH is 1. The van der Waals surface area contributed by atoms with Crippen LogP contribution in [-0.4, -0.2) is 96.7 Å². The van der Waals surface area contributed by atoms with Gasteiger partial charge < -0.3 is 33.8 Å². The van der Waals surface area contributed by atoms with E-state index in [9.17, 15) is 43.2 Å². The number of ether oxygens (including phenoxy) is 4. The second-order valence-electron chi connectivity index (χ2n) is 31.4. The predicted octanol–water partition coefficient (Wildman–Crippen LogP) is 25.6. The lowest BCUT2D eigenvalue weighted by atomic mass is 9.99. The normalized spacial score (nSPS) is 14.3. The number of hydrogen-bond acceptors (Lipinski definition) is 15. The number of esters is 4. The van der Waals surface area contributed by atoms with Crippen LogP contribution in [0.2, 0.25) is 0 Å². The molecule has 3 unspecified atom stereocenters. The summed E-state index contributed by atoms with van der Waals surface area (Å²) in [7, 11) is -9.94. The van der Waals surface area contributed by atoms with Crippen molar-refractivity contribution in [3.63, 3.8) is 0 Å². The molecule has 0 aromatic carbocycles. The van der Waals surface area contributed by atoms with E-state index in [0.29, 0.717) is 25.7 Å². The van der Waals surface area contributed by atoms with Gasteiger partial charge in [-0.1, -0.05) is 375 Å². The van der Waals surface area contributed by atoms with Gasteiger partial charge in [0.25, 0.3) is 0 Å². The maximum absolute atomic E-state index is 13.1. The van der Waals surface area contributed by atoms with Crippen LogP contribution in [0.15, 0.2) is 24.3 Å². The maximum atomic E-state index is 13.1. The lowest BCUT2D eigenvalue weighted by molar-refractivity contribution is -0.161. The first kappa shape index (κ1) is 103. The monoisotopic (exact) mass is 1530 g/mol. The molecule has 19 heteroatoms. The van der Waals surface area contributed by atoms with Gasteiger partial charge in [-0.2, -0.15) is 0 Å². The first-order valence-corrected chi connectivity index (χ1v) is 46.7. The van der Waals surface area contributed by atoms with Crippen LogP contribution in [0.4, 0.5) is 0 Å². The molecule has 17 nitrogen and oxygen atoms in total. The second kappa shape index (κ2) is 75.6. The lowest BCUT2D eigenvalue weighted by Crippen LogP contribution is -2.30. The topological polar surface area (TPSA) is 237 Å². The van der Waals surface area contributed by atoms with Crippen molar-refractivity contribution in [3.05, 3.63) is 24.3 Å². The molecule has 0 bridgehead atoms. The van der Waals surface area contributed by atoms with E-state index < -0.39 is 97.5 Å². The van der Waals surface area contributed by atoms with Crippen LogP contribution in [0.5, 0.6) is 0 Å². The number of hydrogen-bond donors (Lipinski definition) is 3. The first-order chi connectivity index (χ1) is 50.8. The predicted molar refractivity (Wildman–Crippen MR) is 432 cm³/mol. The fourth-order valence-corrected chi connectivity index (χ4v) is 14.4.